The van der Waals surface area contributed by atoms with Gasteiger partial charge in [-0.15, -0.1) is 0 Å². The summed E-state index contributed by atoms with van der Waals surface area (Å²) in [7, 11) is -0.934. The number of rotatable bonds is 5. The van der Waals surface area contributed by atoms with Crippen molar-refractivity contribution in [3.8, 4) is 5.75 Å². The van der Waals surface area contributed by atoms with Crippen molar-refractivity contribution in [2.24, 2.45) is 0 Å². The number of fused-ring (bicyclic) bond motifs is 1. The summed E-state index contributed by atoms with van der Waals surface area (Å²) in [6, 6.07) is 8.98. The lowest BCUT2D eigenvalue weighted by Crippen LogP contribution is -2.27. The summed E-state index contributed by atoms with van der Waals surface area (Å²) in [6.45, 7) is 0.0249. The third kappa shape index (κ3) is 3.56. The Hall–Kier alpha value is -2.45. The van der Waals surface area contributed by atoms with Gasteiger partial charge in [-0.3, -0.25) is 4.79 Å². The van der Waals surface area contributed by atoms with Gasteiger partial charge in [0.1, 0.15) is 0 Å². The molecule has 26 heavy (non-hydrogen) atoms. The van der Waals surface area contributed by atoms with Crippen LogP contribution in [-0.4, -0.2) is 32.8 Å². The number of hydrogen-bond donors (Lipinski definition) is 1. The van der Waals surface area contributed by atoms with Gasteiger partial charge in [0, 0.05) is 25.7 Å². The number of sulfonamides is 1. The molecule has 1 aliphatic heterocycles. The number of halogens is 1. The molecule has 0 atom stereocenters. The average Bonchev–Trinajstić information content (AvgIpc) is 2.61. The summed E-state index contributed by atoms with van der Waals surface area (Å²) in [5, 5.41) is 2.72. The molecular weight excluding hydrogens is 359 g/mol. The molecule has 0 aromatic heterocycles. The second-order valence-electron chi connectivity index (χ2n) is 6.10. The van der Waals surface area contributed by atoms with E-state index in [0.29, 0.717) is 24.1 Å². The minimum atomic E-state index is -3.75. The molecule has 0 fully saturated rings. The lowest BCUT2D eigenvalue weighted by molar-refractivity contribution is -0.116. The molecule has 0 saturated heterocycles. The fourth-order valence-electron chi connectivity index (χ4n) is 2.85. The number of carbonyl (C=O) groups excluding carboxylic acids is 1. The van der Waals surface area contributed by atoms with Crippen LogP contribution in [0.25, 0.3) is 0 Å². The average molecular weight is 378 g/mol. The number of methoxy groups -OCH3 is 1. The second-order valence-corrected chi connectivity index (χ2v) is 8.14. The van der Waals surface area contributed by atoms with Gasteiger partial charge in [-0.25, -0.2) is 12.8 Å². The van der Waals surface area contributed by atoms with Gasteiger partial charge in [-0.1, -0.05) is 6.07 Å². The molecule has 6 nitrogen and oxygen atoms in total. The highest BCUT2D eigenvalue weighted by Crippen LogP contribution is 2.27. The summed E-state index contributed by atoms with van der Waals surface area (Å²) < 4.78 is 45.5. The van der Waals surface area contributed by atoms with E-state index < -0.39 is 15.8 Å². The Morgan fingerprint density at radius 2 is 1.96 bits per heavy atom. The number of aryl methyl sites for hydroxylation is 1. The van der Waals surface area contributed by atoms with Crippen molar-refractivity contribution in [1.82, 2.24) is 4.31 Å². The van der Waals surface area contributed by atoms with Crippen molar-refractivity contribution >= 4 is 21.6 Å². The highest BCUT2D eigenvalue weighted by molar-refractivity contribution is 7.89. The van der Waals surface area contributed by atoms with Crippen LogP contribution in [0.4, 0.5) is 10.1 Å². The molecule has 2 aromatic carbocycles. The Kier molecular flexibility index (Phi) is 4.97. The fourth-order valence-corrected chi connectivity index (χ4v) is 4.06. The van der Waals surface area contributed by atoms with Crippen LogP contribution in [0.1, 0.15) is 17.5 Å². The first-order valence-electron chi connectivity index (χ1n) is 8.03. The predicted molar refractivity (Wildman–Crippen MR) is 95.0 cm³/mol. The molecule has 0 radical (unpaired) electrons. The third-order valence-corrected chi connectivity index (χ3v) is 6.10. The van der Waals surface area contributed by atoms with E-state index in [1.165, 1.54) is 32.4 Å². The highest BCUT2D eigenvalue weighted by atomic mass is 32.2. The number of anilines is 1. The summed E-state index contributed by atoms with van der Waals surface area (Å²) in [4.78, 5) is 11.6. The first kappa shape index (κ1) is 18.3. The van der Waals surface area contributed by atoms with Crippen molar-refractivity contribution < 1.29 is 22.3 Å². The van der Waals surface area contributed by atoms with Gasteiger partial charge in [0.2, 0.25) is 15.9 Å². The van der Waals surface area contributed by atoms with E-state index in [2.05, 4.69) is 5.32 Å². The second kappa shape index (κ2) is 7.05. The molecule has 1 heterocycles. The Morgan fingerprint density at radius 3 is 2.65 bits per heavy atom. The zero-order chi connectivity index (χ0) is 18.9. The van der Waals surface area contributed by atoms with Gasteiger partial charge >= 0.3 is 0 Å². The van der Waals surface area contributed by atoms with Crippen LogP contribution in [0.5, 0.6) is 5.75 Å². The molecule has 0 bridgehead atoms. The van der Waals surface area contributed by atoms with Gasteiger partial charge < -0.3 is 10.1 Å². The van der Waals surface area contributed by atoms with Gasteiger partial charge in [-0.2, -0.15) is 4.31 Å². The maximum Gasteiger partial charge on any atom is 0.243 e. The normalized spacial score (nSPS) is 14.1. The monoisotopic (exact) mass is 378 g/mol. The first-order valence-corrected chi connectivity index (χ1v) is 9.47. The molecule has 0 unspecified atom stereocenters. The van der Waals surface area contributed by atoms with Crippen molar-refractivity contribution in [3.63, 3.8) is 0 Å². The van der Waals surface area contributed by atoms with Gasteiger partial charge in [0.15, 0.2) is 11.6 Å². The first-order chi connectivity index (χ1) is 12.3. The fraction of sp³-hybridized carbons (Fsp3) is 0.278. The van der Waals surface area contributed by atoms with E-state index in [4.69, 9.17) is 4.74 Å². The van der Waals surface area contributed by atoms with Crippen LogP contribution in [0, 0.1) is 5.82 Å². The number of benzene rings is 2. The van der Waals surface area contributed by atoms with E-state index >= 15 is 0 Å². The molecule has 1 aliphatic rings. The lowest BCUT2D eigenvalue weighted by atomic mass is 10.0. The van der Waals surface area contributed by atoms with Crippen LogP contribution in [0.2, 0.25) is 0 Å². The number of carbonyl (C=O) groups is 1. The minimum Gasteiger partial charge on any atom is -0.494 e. The third-order valence-electron chi connectivity index (χ3n) is 4.30. The Bertz CT molecular complexity index is 960. The van der Waals surface area contributed by atoms with Crippen LogP contribution in [0.3, 0.4) is 0 Å². The molecule has 1 amide bonds. The molecule has 3 rings (SSSR count). The summed E-state index contributed by atoms with van der Waals surface area (Å²) in [6.07, 6.45) is 0.829. The van der Waals surface area contributed by atoms with E-state index in [-0.39, 0.29) is 23.1 Å². The Balaban J connectivity index is 1.83. The molecule has 138 valence electrons. The zero-order valence-electron chi connectivity index (χ0n) is 14.5. The molecule has 1 N–H and O–H groups in total. The SMILES string of the molecule is COc1ccc(CN(C)S(=O)(=O)c2ccc3c(c2)CCC(=O)N3)cc1F. The predicted octanol–water partition coefficient (Wildman–Crippen LogP) is 2.54. The molecular formula is C18H19FN2O4S. The smallest absolute Gasteiger partial charge is 0.243 e. The number of nitrogens with zero attached hydrogens (tertiary/aromatic N) is 1. The summed E-state index contributed by atoms with van der Waals surface area (Å²) in [5.41, 5.74) is 1.94. The van der Waals surface area contributed by atoms with Crippen molar-refractivity contribution in [1.29, 1.82) is 0 Å². The van der Waals surface area contributed by atoms with E-state index in [9.17, 15) is 17.6 Å². The van der Waals surface area contributed by atoms with Crippen LogP contribution >= 0.6 is 0 Å². The van der Waals surface area contributed by atoms with Crippen molar-refractivity contribution in [2.45, 2.75) is 24.3 Å². The van der Waals surface area contributed by atoms with E-state index in [1.807, 2.05) is 0 Å². The quantitative estimate of drug-likeness (QED) is 0.868. The number of hydrogen-bond acceptors (Lipinski definition) is 4. The number of nitrogens with one attached hydrogen (secondary N) is 1. The Labute approximate surface area is 151 Å². The largest absolute Gasteiger partial charge is 0.494 e. The van der Waals surface area contributed by atoms with Gasteiger partial charge in [0.05, 0.1) is 12.0 Å². The maximum atomic E-state index is 13.8. The molecule has 0 spiro atoms. The molecule has 8 heteroatoms. The topological polar surface area (TPSA) is 75.7 Å². The standard InChI is InChI=1S/C18H19FN2O4S/c1-21(11-12-3-7-17(25-2)15(19)9-12)26(23,24)14-5-6-16-13(10-14)4-8-18(22)20-16/h3,5-7,9-10H,4,8,11H2,1-2H3,(H,20,22). The molecule has 0 aliphatic carbocycles. The molecule has 2 aromatic rings. The number of ether oxygens (including phenoxy) is 1. The van der Waals surface area contributed by atoms with Crippen molar-refractivity contribution in [2.75, 3.05) is 19.5 Å². The van der Waals surface area contributed by atoms with Gasteiger partial charge in [-0.05, 0) is 47.9 Å². The van der Waals surface area contributed by atoms with Crippen molar-refractivity contribution in [3.05, 3.63) is 53.3 Å². The highest BCUT2D eigenvalue weighted by Gasteiger charge is 2.24. The van der Waals surface area contributed by atoms with Crippen LogP contribution < -0.4 is 10.1 Å². The zero-order valence-corrected chi connectivity index (χ0v) is 15.3. The minimum absolute atomic E-state index is 0.0249. The van der Waals surface area contributed by atoms with E-state index in [0.717, 1.165) is 9.87 Å². The Morgan fingerprint density at radius 1 is 1.19 bits per heavy atom. The number of amides is 1. The summed E-state index contributed by atoms with van der Waals surface area (Å²) >= 11 is 0. The molecule has 0 saturated carbocycles. The maximum absolute atomic E-state index is 13.8. The van der Waals surface area contributed by atoms with E-state index in [1.54, 1.807) is 18.2 Å². The van der Waals surface area contributed by atoms with Gasteiger partial charge in [0.25, 0.3) is 0 Å². The summed E-state index contributed by atoms with van der Waals surface area (Å²) in [5.74, 6) is -0.511. The van der Waals surface area contributed by atoms with Crippen LogP contribution in [0.15, 0.2) is 41.3 Å². The van der Waals surface area contributed by atoms with Crippen LogP contribution in [-0.2, 0) is 27.8 Å². The lowest BCUT2D eigenvalue weighted by Gasteiger charge is -2.21.